The monoisotopic (exact) mass is 343 g/mol. The summed E-state index contributed by atoms with van der Waals surface area (Å²) in [6, 6.07) is 4.36. The first-order valence-corrected chi connectivity index (χ1v) is 7.84. The molecule has 1 heterocycles. The van der Waals surface area contributed by atoms with E-state index in [-0.39, 0.29) is 31.4 Å². The number of carbonyl (C=O) groups excluding carboxylic acids is 2. The van der Waals surface area contributed by atoms with Crippen LogP contribution >= 0.6 is 0 Å². The van der Waals surface area contributed by atoms with E-state index in [0.717, 1.165) is 12.1 Å². The number of ether oxygens (including phenoxy) is 1. The third-order valence-electron chi connectivity index (χ3n) is 4.05. The molecule has 132 valence electrons. The Labute approximate surface area is 138 Å². The molecule has 1 saturated heterocycles. The summed E-state index contributed by atoms with van der Waals surface area (Å²) in [5.74, 6) is -0.767. The van der Waals surface area contributed by atoms with Gasteiger partial charge in [-0.2, -0.15) is 13.2 Å². The molecule has 0 spiro atoms. The number of piperidine rings is 1. The van der Waals surface area contributed by atoms with Gasteiger partial charge in [-0.15, -0.1) is 0 Å². The summed E-state index contributed by atoms with van der Waals surface area (Å²) in [5.41, 5.74) is -0.379. The third kappa shape index (κ3) is 4.27. The number of carbonyl (C=O) groups is 2. The molecule has 1 aromatic carbocycles. The number of rotatable bonds is 4. The van der Waals surface area contributed by atoms with Crippen molar-refractivity contribution in [3.63, 3.8) is 0 Å². The summed E-state index contributed by atoms with van der Waals surface area (Å²) in [6.45, 7) is 3.47. The molecule has 2 atom stereocenters. The van der Waals surface area contributed by atoms with Gasteiger partial charge in [0.2, 0.25) is 5.91 Å². The molecule has 4 nitrogen and oxygen atoms in total. The van der Waals surface area contributed by atoms with Gasteiger partial charge in [-0.25, -0.2) is 0 Å². The van der Waals surface area contributed by atoms with Crippen LogP contribution in [0.5, 0.6) is 0 Å². The Hall–Kier alpha value is -2.05. The summed E-state index contributed by atoms with van der Waals surface area (Å²) >= 11 is 0. The van der Waals surface area contributed by atoms with Gasteiger partial charge in [-0.1, -0.05) is 19.1 Å². The SMILES string of the molecule is CCOC(=O)CN1C(=O)CC(C)CC1c1cccc(C(F)(F)F)c1. The van der Waals surface area contributed by atoms with Gasteiger partial charge >= 0.3 is 12.1 Å². The molecule has 2 rings (SSSR count). The molecule has 1 amide bonds. The second-order valence-corrected chi connectivity index (χ2v) is 6.01. The van der Waals surface area contributed by atoms with E-state index in [4.69, 9.17) is 4.74 Å². The van der Waals surface area contributed by atoms with E-state index >= 15 is 0 Å². The molecule has 0 radical (unpaired) electrons. The zero-order valence-electron chi connectivity index (χ0n) is 13.6. The molecule has 0 aliphatic carbocycles. The zero-order valence-corrected chi connectivity index (χ0v) is 13.6. The van der Waals surface area contributed by atoms with E-state index in [0.29, 0.717) is 12.0 Å². The number of benzene rings is 1. The summed E-state index contributed by atoms with van der Waals surface area (Å²) in [4.78, 5) is 25.4. The maximum Gasteiger partial charge on any atom is 0.416 e. The minimum atomic E-state index is -4.45. The molecule has 1 aromatic rings. The van der Waals surface area contributed by atoms with Gasteiger partial charge in [0.1, 0.15) is 6.54 Å². The van der Waals surface area contributed by atoms with E-state index in [1.165, 1.54) is 11.0 Å². The second kappa shape index (κ2) is 7.23. The molecular weight excluding hydrogens is 323 g/mol. The fourth-order valence-corrected chi connectivity index (χ4v) is 2.96. The molecule has 0 saturated carbocycles. The average molecular weight is 343 g/mol. The van der Waals surface area contributed by atoms with Crippen LogP contribution in [0.3, 0.4) is 0 Å². The number of alkyl halides is 3. The maximum atomic E-state index is 12.9. The average Bonchev–Trinajstić information content (AvgIpc) is 2.49. The predicted molar refractivity (Wildman–Crippen MR) is 80.9 cm³/mol. The minimum Gasteiger partial charge on any atom is -0.465 e. The van der Waals surface area contributed by atoms with Gasteiger partial charge in [-0.05, 0) is 37.0 Å². The number of halogens is 3. The van der Waals surface area contributed by atoms with Crippen molar-refractivity contribution in [2.24, 2.45) is 5.92 Å². The van der Waals surface area contributed by atoms with Crippen LogP contribution in [0.2, 0.25) is 0 Å². The van der Waals surface area contributed by atoms with Crippen LogP contribution in [-0.2, 0) is 20.5 Å². The Morgan fingerprint density at radius 2 is 2.08 bits per heavy atom. The molecule has 0 N–H and O–H groups in total. The molecule has 2 unspecified atom stereocenters. The van der Waals surface area contributed by atoms with Crippen LogP contribution in [0.15, 0.2) is 24.3 Å². The fraction of sp³-hybridized carbons (Fsp3) is 0.529. The van der Waals surface area contributed by atoms with Crippen molar-refractivity contribution < 1.29 is 27.5 Å². The number of esters is 1. The molecule has 1 fully saturated rings. The van der Waals surface area contributed by atoms with Crippen molar-refractivity contribution in [3.8, 4) is 0 Å². The number of likely N-dealkylation sites (tertiary alicyclic amines) is 1. The summed E-state index contributed by atoms with van der Waals surface area (Å²) in [7, 11) is 0. The molecule has 0 bridgehead atoms. The Balaban J connectivity index is 2.32. The van der Waals surface area contributed by atoms with Gasteiger partial charge in [0.25, 0.3) is 0 Å². The van der Waals surface area contributed by atoms with Crippen molar-refractivity contribution in [3.05, 3.63) is 35.4 Å². The quantitative estimate of drug-likeness (QED) is 0.785. The highest BCUT2D eigenvalue weighted by molar-refractivity contribution is 5.83. The largest absolute Gasteiger partial charge is 0.465 e. The lowest BCUT2D eigenvalue weighted by atomic mass is 9.87. The molecule has 1 aliphatic heterocycles. The molecule has 24 heavy (non-hydrogen) atoms. The summed E-state index contributed by atoms with van der Waals surface area (Å²) < 4.78 is 43.7. The van der Waals surface area contributed by atoms with Gasteiger partial charge in [0.05, 0.1) is 18.2 Å². The van der Waals surface area contributed by atoms with Gasteiger partial charge < -0.3 is 9.64 Å². The first-order valence-electron chi connectivity index (χ1n) is 7.84. The Morgan fingerprint density at radius 3 is 2.71 bits per heavy atom. The van der Waals surface area contributed by atoms with Crippen LogP contribution in [0, 0.1) is 5.92 Å². The summed E-state index contributed by atoms with van der Waals surface area (Å²) in [5, 5.41) is 0. The Bertz CT molecular complexity index is 615. The normalized spacial score (nSPS) is 21.7. The number of hydrogen-bond donors (Lipinski definition) is 0. The molecular formula is C17H20F3NO3. The van der Waals surface area contributed by atoms with Crippen molar-refractivity contribution in [1.82, 2.24) is 4.90 Å². The standard InChI is InChI=1S/C17H20F3NO3/c1-3-24-16(23)10-21-14(7-11(2)8-15(21)22)12-5-4-6-13(9-12)17(18,19)20/h4-6,9,11,14H,3,7-8,10H2,1-2H3. The van der Waals surface area contributed by atoms with Crippen LogP contribution in [-0.4, -0.2) is 29.9 Å². The van der Waals surface area contributed by atoms with E-state index < -0.39 is 23.8 Å². The van der Waals surface area contributed by atoms with Crippen LogP contribution in [0.25, 0.3) is 0 Å². The highest BCUT2D eigenvalue weighted by atomic mass is 19.4. The first-order chi connectivity index (χ1) is 11.2. The second-order valence-electron chi connectivity index (χ2n) is 6.01. The smallest absolute Gasteiger partial charge is 0.416 e. The van der Waals surface area contributed by atoms with Crippen molar-refractivity contribution in [1.29, 1.82) is 0 Å². The van der Waals surface area contributed by atoms with Crippen molar-refractivity contribution in [2.45, 2.75) is 38.9 Å². The summed E-state index contributed by atoms with van der Waals surface area (Å²) in [6.07, 6.45) is -3.67. The Morgan fingerprint density at radius 1 is 1.38 bits per heavy atom. The topological polar surface area (TPSA) is 46.6 Å². The highest BCUT2D eigenvalue weighted by Gasteiger charge is 2.36. The zero-order chi connectivity index (χ0) is 17.9. The number of hydrogen-bond acceptors (Lipinski definition) is 3. The number of amides is 1. The lowest BCUT2D eigenvalue weighted by Crippen LogP contribution is -2.44. The number of nitrogens with zero attached hydrogens (tertiary/aromatic N) is 1. The Kier molecular flexibility index (Phi) is 5.51. The van der Waals surface area contributed by atoms with Gasteiger partial charge in [0.15, 0.2) is 0 Å². The highest BCUT2D eigenvalue weighted by Crippen LogP contribution is 2.37. The van der Waals surface area contributed by atoms with Crippen LogP contribution < -0.4 is 0 Å². The van der Waals surface area contributed by atoms with Crippen molar-refractivity contribution in [2.75, 3.05) is 13.2 Å². The lowest BCUT2D eigenvalue weighted by molar-refractivity contribution is -0.153. The van der Waals surface area contributed by atoms with Gasteiger partial charge in [-0.3, -0.25) is 9.59 Å². The predicted octanol–water partition coefficient (Wildman–Crippen LogP) is 3.57. The van der Waals surface area contributed by atoms with Crippen LogP contribution in [0.4, 0.5) is 13.2 Å². The first kappa shape index (κ1) is 18.3. The third-order valence-corrected chi connectivity index (χ3v) is 4.05. The molecule has 7 heteroatoms. The van der Waals surface area contributed by atoms with E-state index in [2.05, 4.69) is 0 Å². The van der Waals surface area contributed by atoms with E-state index in [1.807, 2.05) is 6.92 Å². The lowest BCUT2D eigenvalue weighted by Gasteiger charge is -2.38. The van der Waals surface area contributed by atoms with E-state index in [9.17, 15) is 22.8 Å². The maximum absolute atomic E-state index is 12.9. The minimum absolute atomic E-state index is 0.0375. The van der Waals surface area contributed by atoms with Crippen LogP contribution in [0.1, 0.15) is 43.9 Å². The van der Waals surface area contributed by atoms with E-state index in [1.54, 1.807) is 13.0 Å². The molecule has 0 aromatic heterocycles. The van der Waals surface area contributed by atoms with Gasteiger partial charge in [0, 0.05) is 6.42 Å². The fourth-order valence-electron chi connectivity index (χ4n) is 2.96. The molecule has 1 aliphatic rings. The van der Waals surface area contributed by atoms with Crippen molar-refractivity contribution >= 4 is 11.9 Å².